The summed E-state index contributed by atoms with van der Waals surface area (Å²) >= 11 is 7.09. The standard InChI is InChI=1S/C15H16ClFN2OS/c1-8(2)6-13-18-9(3)14(21-13)15(20)19-10-4-5-12(17)11(16)7-10/h4-5,7-8H,6H2,1-3H3,(H,19,20). The molecule has 0 spiro atoms. The Bertz CT molecular complexity index is 670. The number of anilines is 1. The predicted octanol–water partition coefficient (Wildman–Crippen LogP) is 4.69. The van der Waals surface area contributed by atoms with E-state index in [1.54, 1.807) is 0 Å². The van der Waals surface area contributed by atoms with Crippen LogP contribution in [0.3, 0.4) is 0 Å². The summed E-state index contributed by atoms with van der Waals surface area (Å²) in [5, 5.41) is 3.64. The summed E-state index contributed by atoms with van der Waals surface area (Å²) in [6.45, 7) is 6.03. The van der Waals surface area contributed by atoms with Gasteiger partial charge in [0.15, 0.2) is 0 Å². The first-order valence-electron chi connectivity index (χ1n) is 6.59. The van der Waals surface area contributed by atoms with Crippen LogP contribution in [0.15, 0.2) is 18.2 Å². The lowest BCUT2D eigenvalue weighted by Crippen LogP contribution is -2.11. The molecule has 21 heavy (non-hydrogen) atoms. The number of rotatable bonds is 4. The predicted molar refractivity (Wildman–Crippen MR) is 84.8 cm³/mol. The van der Waals surface area contributed by atoms with Gasteiger partial charge >= 0.3 is 0 Å². The molecule has 0 saturated carbocycles. The minimum Gasteiger partial charge on any atom is -0.321 e. The van der Waals surface area contributed by atoms with Crippen molar-refractivity contribution in [2.24, 2.45) is 5.92 Å². The molecule has 0 atom stereocenters. The van der Waals surface area contributed by atoms with E-state index in [0.717, 1.165) is 11.4 Å². The molecular formula is C15H16ClFN2OS. The zero-order valence-corrected chi connectivity index (χ0v) is 13.6. The molecule has 1 aromatic heterocycles. The Morgan fingerprint density at radius 3 is 2.81 bits per heavy atom. The van der Waals surface area contributed by atoms with Crippen molar-refractivity contribution in [3.63, 3.8) is 0 Å². The van der Waals surface area contributed by atoms with E-state index >= 15 is 0 Å². The average molecular weight is 327 g/mol. The number of nitrogens with one attached hydrogen (secondary N) is 1. The molecule has 0 bridgehead atoms. The van der Waals surface area contributed by atoms with Crippen molar-refractivity contribution in [1.29, 1.82) is 0 Å². The Morgan fingerprint density at radius 1 is 1.48 bits per heavy atom. The van der Waals surface area contributed by atoms with Crippen molar-refractivity contribution in [2.45, 2.75) is 27.2 Å². The van der Waals surface area contributed by atoms with Gasteiger partial charge in [0, 0.05) is 12.1 Å². The fourth-order valence-corrected chi connectivity index (χ4v) is 3.21. The summed E-state index contributed by atoms with van der Waals surface area (Å²) in [6, 6.07) is 4.09. The molecule has 0 fully saturated rings. The van der Waals surface area contributed by atoms with Gasteiger partial charge in [-0.05, 0) is 31.0 Å². The van der Waals surface area contributed by atoms with Crippen LogP contribution in [0.2, 0.25) is 5.02 Å². The summed E-state index contributed by atoms with van der Waals surface area (Å²) in [5.74, 6) is -0.270. The molecule has 0 aliphatic rings. The second-order valence-corrected chi connectivity index (χ2v) is 6.69. The number of carbonyl (C=O) groups is 1. The van der Waals surface area contributed by atoms with E-state index in [4.69, 9.17) is 11.6 Å². The summed E-state index contributed by atoms with van der Waals surface area (Å²) < 4.78 is 13.1. The normalized spacial score (nSPS) is 11.0. The highest BCUT2D eigenvalue weighted by atomic mass is 35.5. The smallest absolute Gasteiger partial charge is 0.267 e. The lowest BCUT2D eigenvalue weighted by Gasteiger charge is -2.04. The fourth-order valence-electron chi connectivity index (χ4n) is 1.86. The molecule has 1 aromatic carbocycles. The lowest BCUT2D eigenvalue weighted by atomic mass is 10.1. The number of benzene rings is 1. The van der Waals surface area contributed by atoms with Crippen molar-refractivity contribution in [2.75, 3.05) is 5.32 Å². The lowest BCUT2D eigenvalue weighted by molar-refractivity contribution is 0.103. The van der Waals surface area contributed by atoms with Crippen LogP contribution in [0, 0.1) is 18.7 Å². The molecule has 2 aromatic rings. The summed E-state index contributed by atoms with van der Waals surface area (Å²) in [5.41, 5.74) is 1.17. The molecule has 112 valence electrons. The molecule has 0 unspecified atom stereocenters. The van der Waals surface area contributed by atoms with Gasteiger partial charge in [-0.2, -0.15) is 0 Å². The maximum atomic E-state index is 13.1. The van der Waals surface area contributed by atoms with E-state index in [1.807, 2.05) is 6.92 Å². The quantitative estimate of drug-likeness (QED) is 0.885. The second kappa shape index (κ2) is 6.54. The summed E-state index contributed by atoms with van der Waals surface area (Å²) in [6.07, 6.45) is 0.848. The first-order valence-corrected chi connectivity index (χ1v) is 7.79. The van der Waals surface area contributed by atoms with Crippen molar-refractivity contribution in [3.05, 3.63) is 44.6 Å². The topological polar surface area (TPSA) is 42.0 Å². The Kier molecular flexibility index (Phi) is 4.96. The van der Waals surface area contributed by atoms with Crippen LogP contribution in [0.5, 0.6) is 0 Å². The summed E-state index contributed by atoms with van der Waals surface area (Å²) in [7, 11) is 0. The van der Waals surface area contributed by atoms with Crippen molar-refractivity contribution in [1.82, 2.24) is 4.98 Å². The highest BCUT2D eigenvalue weighted by Gasteiger charge is 2.16. The zero-order chi connectivity index (χ0) is 15.6. The number of hydrogen-bond acceptors (Lipinski definition) is 3. The van der Waals surface area contributed by atoms with Gasteiger partial charge in [-0.1, -0.05) is 25.4 Å². The van der Waals surface area contributed by atoms with Gasteiger partial charge in [-0.3, -0.25) is 4.79 Å². The van der Waals surface area contributed by atoms with Crippen LogP contribution in [-0.2, 0) is 6.42 Å². The molecule has 6 heteroatoms. The summed E-state index contributed by atoms with van der Waals surface area (Å²) in [4.78, 5) is 17.2. The molecule has 2 rings (SSSR count). The number of nitrogens with zero attached hydrogens (tertiary/aromatic N) is 1. The second-order valence-electron chi connectivity index (χ2n) is 5.20. The zero-order valence-electron chi connectivity index (χ0n) is 12.0. The highest BCUT2D eigenvalue weighted by molar-refractivity contribution is 7.13. The van der Waals surface area contributed by atoms with Crippen LogP contribution in [0.25, 0.3) is 0 Å². The van der Waals surface area contributed by atoms with Gasteiger partial charge < -0.3 is 5.32 Å². The molecule has 0 aliphatic carbocycles. The van der Waals surface area contributed by atoms with Crippen LogP contribution in [0.1, 0.15) is 34.2 Å². The van der Waals surface area contributed by atoms with Crippen molar-refractivity contribution in [3.8, 4) is 0 Å². The third kappa shape index (κ3) is 4.02. The van der Waals surface area contributed by atoms with E-state index in [9.17, 15) is 9.18 Å². The monoisotopic (exact) mass is 326 g/mol. The maximum absolute atomic E-state index is 13.1. The fraction of sp³-hybridized carbons (Fsp3) is 0.333. The van der Waals surface area contributed by atoms with E-state index in [-0.39, 0.29) is 10.9 Å². The molecule has 1 N–H and O–H groups in total. The van der Waals surface area contributed by atoms with Crippen LogP contribution in [0.4, 0.5) is 10.1 Å². The SMILES string of the molecule is Cc1nc(CC(C)C)sc1C(=O)Nc1ccc(F)c(Cl)c1. The molecule has 0 radical (unpaired) electrons. The highest BCUT2D eigenvalue weighted by Crippen LogP contribution is 2.24. The van der Waals surface area contributed by atoms with Crippen LogP contribution >= 0.6 is 22.9 Å². The third-order valence-electron chi connectivity index (χ3n) is 2.81. The molecule has 0 aliphatic heterocycles. The molecular weight excluding hydrogens is 311 g/mol. The van der Waals surface area contributed by atoms with E-state index < -0.39 is 5.82 Å². The number of carbonyl (C=O) groups excluding carboxylic acids is 1. The van der Waals surface area contributed by atoms with E-state index in [1.165, 1.54) is 29.5 Å². The number of aryl methyl sites for hydroxylation is 1. The minimum atomic E-state index is -0.511. The largest absolute Gasteiger partial charge is 0.321 e. The van der Waals surface area contributed by atoms with Gasteiger partial charge in [0.25, 0.3) is 5.91 Å². The van der Waals surface area contributed by atoms with Crippen molar-refractivity contribution >= 4 is 34.5 Å². The average Bonchev–Trinajstić information content (AvgIpc) is 2.74. The number of aromatic nitrogens is 1. The van der Waals surface area contributed by atoms with E-state index in [2.05, 4.69) is 24.1 Å². The molecule has 3 nitrogen and oxygen atoms in total. The van der Waals surface area contributed by atoms with Gasteiger partial charge in [-0.25, -0.2) is 9.37 Å². The third-order valence-corrected chi connectivity index (χ3v) is 4.28. The first-order chi connectivity index (χ1) is 9.86. The minimum absolute atomic E-state index is 0.0191. The van der Waals surface area contributed by atoms with E-state index in [0.29, 0.717) is 22.2 Å². The Balaban J connectivity index is 2.16. The van der Waals surface area contributed by atoms with Crippen LogP contribution in [-0.4, -0.2) is 10.9 Å². The Morgan fingerprint density at radius 2 is 2.19 bits per heavy atom. The van der Waals surface area contributed by atoms with Gasteiger partial charge in [0.1, 0.15) is 10.7 Å². The Hall–Kier alpha value is -1.46. The molecule has 1 amide bonds. The van der Waals surface area contributed by atoms with Gasteiger partial charge in [-0.15, -0.1) is 11.3 Å². The van der Waals surface area contributed by atoms with Crippen molar-refractivity contribution < 1.29 is 9.18 Å². The molecule has 1 heterocycles. The maximum Gasteiger partial charge on any atom is 0.267 e. The molecule has 0 saturated heterocycles. The number of hydrogen-bond donors (Lipinski definition) is 1. The Labute approximate surface area is 132 Å². The van der Waals surface area contributed by atoms with Crippen LogP contribution < -0.4 is 5.32 Å². The number of thiazole rings is 1. The number of halogens is 2. The van der Waals surface area contributed by atoms with Gasteiger partial charge in [0.2, 0.25) is 0 Å². The van der Waals surface area contributed by atoms with Gasteiger partial charge in [0.05, 0.1) is 15.7 Å². The number of amides is 1. The first kappa shape index (κ1) is 15.9.